The van der Waals surface area contributed by atoms with Gasteiger partial charge in [-0.15, -0.1) is 6.42 Å². The lowest BCUT2D eigenvalue weighted by Gasteiger charge is -2.34. The molecule has 1 aromatic rings. The van der Waals surface area contributed by atoms with Crippen molar-refractivity contribution in [2.24, 2.45) is 0 Å². The Kier molecular flexibility index (Phi) is 12.2. The van der Waals surface area contributed by atoms with Gasteiger partial charge in [0.25, 0.3) is 0 Å². The number of aliphatic hydroxyl groups excluding tert-OH is 1. The molecule has 0 saturated carbocycles. The second-order valence-corrected chi connectivity index (χ2v) is 9.05. The van der Waals surface area contributed by atoms with Gasteiger partial charge in [-0.3, -0.25) is 9.59 Å². The number of aliphatic hydroxyl groups is 1. The van der Waals surface area contributed by atoms with Gasteiger partial charge in [0.05, 0.1) is 6.61 Å². The fraction of sp³-hybridized carbons (Fsp3) is 0.577. The fourth-order valence-electron chi connectivity index (χ4n) is 3.33. The number of carbonyl (C=O) groups is 3. The number of carbonyl (C=O) groups excluding carboxylic acids is 3. The molecule has 2 unspecified atom stereocenters. The molecular weight excluding hydrogens is 434 g/mol. The van der Waals surface area contributed by atoms with Gasteiger partial charge < -0.3 is 25.4 Å². The highest BCUT2D eigenvalue weighted by Gasteiger charge is 2.36. The Morgan fingerprint density at radius 3 is 2.35 bits per heavy atom. The van der Waals surface area contributed by atoms with Crippen LogP contribution in [0.5, 0.6) is 0 Å². The molecule has 0 saturated heterocycles. The lowest BCUT2D eigenvalue weighted by atomic mass is 9.97. The van der Waals surface area contributed by atoms with Crippen LogP contribution in [-0.2, 0) is 14.3 Å². The molecule has 0 bridgehead atoms. The predicted molar refractivity (Wildman–Crippen MR) is 132 cm³/mol. The molecule has 1 aromatic carbocycles. The van der Waals surface area contributed by atoms with Crippen molar-refractivity contribution in [1.82, 2.24) is 15.5 Å². The first-order valence-electron chi connectivity index (χ1n) is 11.8. The van der Waals surface area contributed by atoms with Crippen LogP contribution >= 0.6 is 0 Å². The number of nitrogens with zero attached hydrogens (tertiary/aromatic N) is 1. The van der Waals surface area contributed by atoms with E-state index in [0.717, 1.165) is 19.3 Å². The maximum absolute atomic E-state index is 13.6. The standard InChI is InChI=1S/C26H39N3O5/c1-7-10-16-27-23(31)22(20-15-13-12-14-19(20)9-3)29(17-11-8-2)24(32)21(18-30)28-25(33)34-26(4,5)6/h3,12-15,21-22,30H,7-8,10-11,16-18H2,1-2,4-6H3,(H,27,31)(H,28,33). The SMILES string of the molecule is C#Cc1ccccc1C(C(=O)NCCCC)N(CCCC)C(=O)C(CO)NC(=O)OC(C)(C)C. The van der Waals surface area contributed by atoms with Gasteiger partial charge in [0.2, 0.25) is 11.8 Å². The molecule has 0 aliphatic rings. The van der Waals surface area contributed by atoms with Crippen LogP contribution in [0.1, 0.15) is 77.5 Å². The van der Waals surface area contributed by atoms with Crippen molar-refractivity contribution in [3.8, 4) is 12.3 Å². The van der Waals surface area contributed by atoms with Gasteiger partial charge in [-0.2, -0.15) is 0 Å². The van der Waals surface area contributed by atoms with Gasteiger partial charge in [-0.25, -0.2) is 4.79 Å². The van der Waals surface area contributed by atoms with Crippen molar-refractivity contribution in [2.45, 2.75) is 78.0 Å². The van der Waals surface area contributed by atoms with Crippen molar-refractivity contribution in [3.63, 3.8) is 0 Å². The average Bonchev–Trinajstić information content (AvgIpc) is 2.78. The van der Waals surface area contributed by atoms with Gasteiger partial charge in [-0.1, -0.05) is 50.8 Å². The molecular formula is C26H39N3O5. The topological polar surface area (TPSA) is 108 Å². The van der Waals surface area contributed by atoms with Gasteiger partial charge in [-0.05, 0) is 45.2 Å². The van der Waals surface area contributed by atoms with Crippen molar-refractivity contribution in [2.75, 3.05) is 19.7 Å². The van der Waals surface area contributed by atoms with Crippen molar-refractivity contribution in [3.05, 3.63) is 35.4 Å². The highest BCUT2D eigenvalue weighted by atomic mass is 16.6. The maximum atomic E-state index is 13.6. The summed E-state index contributed by atoms with van der Waals surface area (Å²) >= 11 is 0. The van der Waals surface area contributed by atoms with Crippen LogP contribution < -0.4 is 10.6 Å². The number of hydrogen-bond acceptors (Lipinski definition) is 5. The largest absolute Gasteiger partial charge is 0.444 e. The van der Waals surface area contributed by atoms with E-state index in [9.17, 15) is 19.5 Å². The number of hydrogen-bond donors (Lipinski definition) is 3. The number of benzene rings is 1. The number of terminal acetylenes is 1. The van der Waals surface area contributed by atoms with E-state index >= 15 is 0 Å². The molecule has 0 aliphatic carbocycles. The summed E-state index contributed by atoms with van der Waals surface area (Å²) in [6, 6.07) is 4.66. The Bertz CT molecular complexity index is 857. The highest BCUT2D eigenvalue weighted by Crippen LogP contribution is 2.26. The van der Waals surface area contributed by atoms with E-state index in [0.29, 0.717) is 24.1 Å². The molecule has 8 nitrogen and oxygen atoms in total. The third kappa shape index (κ3) is 9.06. The lowest BCUT2D eigenvalue weighted by molar-refractivity contribution is -0.143. The Labute approximate surface area is 203 Å². The number of nitrogens with one attached hydrogen (secondary N) is 2. The van der Waals surface area contributed by atoms with Crippen molar-refractivity contribution >= 4 is 17.9 Å². The Balaban J connectivity index is 3.40. The van der Waals surface area contributed by atoms with Crippen LogP contribution in [-0.4, -0.2) is 59.3 Å². The van der Waals surface area contributed by atoms with Crippen LogP contribution in [0.25, 0.3) is 0 Å². The van der Waals surface area contributed by atoms with E-state index in [2.05, 4.69) is 16.6 Å². The first-order chi connectivity index (χ1) is 16.1. The molecule has 3 N–H and O–H groups in total. The summed E-state index contributed by atoms with van der Waals surface area (Å²) in [4.78, 5) is 40.6. The zero-order valence-electron chi connectivity index (χ0n) is 21.0. The second-order valence-electron chi connectivity index (χ2n) is 9.05. The minimum absolute atomic E-state index is 0.243. The van der Waals surface area contributed by atoms with Crippen LogP contribution in [0.15, 0.2) is 24.3 Å². The normalized spacial score (nSPS) is 12.7. The minimum Gasteiger partial charge on any atom is -0.444 e. The number of amides is 3. The summed E-state index contributed by atoms with van der Waals surface area (Å²) in [7, 11) is 0. The van der Waals surface area contributed by atoms with E-state index < -0.39 is 36.3 Å². The van der Waals surface area contributed by atoms with Crippen LogP contribution in [0.4, 0.5) is 4.79 Å². The molecule has 0 radical (unpaired) electrons. The summed E-state index contributed by atoms with van der Waals surface area (Å²) in [6.07, 6.45) is 7.95. The van der Waals surface area contributed by atoms with E-state index in [1.807, 2.05) is 13.8 Å². The number of alkyl carbamates (subject to hydrolysis) is 1. The molecule has 0 fully saturated rings. The quantitative estimate of drug-likeness (QED) is 0.319. The summed E-state index contributed by atoms with van der Waals surface area (Å²) in [5.74, 6) is 1.63. The van der Waals surface area contributed by atoms with Gasteiger partial charge in [0, 0.05) is 18.7 Å². The molecule has 0 aromatic heterocycles. The van der Waals surface area contributed by atoms with E-state index in [1.165, 1.54) is 4.90 Å². The Hall–Kier alpha value is -3.05. The minimum atomic E-state index is -1.28. The molecule has 1 rings (SSSR count). The van der Waals surface area contributed by atoms with Crippen molar-refractivity contribution in [1.29, 1.82) is 0 Å². The monoisotopic (exact) mass is 473 g/mol. The first-order valence-corrected chi connectivity index (χ1v) is 11.8. The Morgan fingerprint density at radius 1 is 1.15 bits per heavy atom. The van der Waals surface area contributed by atoms with Crippen molar-refractivity contribution < 1.29 is 24.2 Å². The molecule has 2 atom stereocenters. The molecule has 0 heterocycles. The molecule has 0 aliphatic heterocycles. The van der Waals surface area contributed by atoms with Crippen LogP contribution in [0.2, 0.25) is 0 Å². The smallest absolute Gasteiger partial charge is 0.408 e. The predicted octanol–water partition coefficient (Wildman–Crippen LogP) is 3.14. The maximum Gasteiger partial charge on any atom is 0.408 e. The summed E-state index contributed by atoms with van der Waals surface area (Å²) in [6.45, 7) is 9.13. The van der Waals surface area contributed by atoms with Crippen LogP contribution in [0.3, 0.4) is 0 Å². The molecule has 34 heavy (non-hydrogen) atoms. The number of unbranched alkanes of at least 4 members (excludes halogenated alkanes) is 2. The molecule has 188 valence electrons. The highest BCUT2D eigenvalue weighted by molar-refractivity contribution is 5.92. The van der Waals surface area contributed by atoms with E-state index in [4.69, 9.17) is 11.2 Å². The van der Waals surface area contributed by atoms with Gasteiger partial charge in [0.1, 0.15) is 17.7 Å². The molecule has 8 heteroatoms. The molecule has 3 amide bonds. The zero-order valence-corrected chi connectivity index (χ0v) is 21.0. The third-order valence-corrected chi connectivity index (χ3v) is 5.01. The lowest BCUT2D eigenvalue weighted by Crippen LogP contribution is -2.54. The zero-order chi connectivity index (χ0) is 25.7. The van der Waals surface area contributed by atoms with E-state index in [1.54, 1.807) is 45.0 Å². The summed E-state index contributed by atoms with van der Waals surface area (Å²) in [5, 5.41) is 15.3. The number of ether oxygens (including phenoxy) is 1. The Morgan fingerprint density at radius 2 is 1.79 bits per heavy atom. The summed E-state index contributed by atoms with van der Waals surface area (Å²) in [5.41, 5.74) is 0.230. The molecule has 0 spiro atoms. The van der Waals surface area contributed by atoms with E-state index in [-0.39, 0.29) is 12.5 Å². The second kappa shape index (κ2) is 14.3. The third-order valence-electron chi connectivity index (χ3n) is 5.01. The number of rotatable bonds is 12. The average molecular weight is 474 g/mol. The van der Waals surface area contributed by atoms with Crippen LogP contribution in [0, 0.1) is 12.3 Å². The summed E-state index contributed by atoms with van der Waals surface area (Å²) < 4.78 is 5.24. The van der Waals surface area contributed by atoms with Gasteiger partial charge >= 0.3 is 6.09 Å². The first kappa shape index (κ1) is 29.0. The fourth-order valence-corrected chi connectivity index (χ4v) is 3.33. The van der Waals surface area contributed by atoms with Gasteiger partial charge in [0.15, 0.2) is 0 Å².